The summed E-state index contributed by atoms with van der Waals surface area (Å²) in [6.07, 6.45) is 1.72. The van der Waals surface area contributed by atoms with E-state index in [1.165, 1.54) is 0 Å². The summed E-state index contributed by atoms with van der Waals surface area (Å²) in [5.74, 6) is 1.34. The molecule has 18 heavy (non-hydrogen) atoms. The molecule has 1 aromatic heterocycles. The van der Waals surface area contributed by atoms with Crippen LogP contribution in [0.3, 0.4) is 0 Å². The van der Waals surface area contributed by atoms with E-state index in [2.05, 4.69) is 34.7 Å². The molecule has 1 heterocycles. The van der Waals surface area contributed by atoms with Crippen molar-refractivity contribution < 1.29 is 0 Å². The number of benzene rings is 1. The lowest BCUT2D eigenvalue weighted by Crippen LogP contribution is -2.34. The van der Waals surface area contributed by atoms with Gasteiger partial charge in [0.2, 0.25) is 0 Å². The van der Waals surface area contributed by atoms with Crippen molar-refractivity contribution in [1.29, 1.82) is 0 Å². The van der Waals surface area contributed by atoms with Gasteiger partial charge >= 0.3 is 0 Å². The van der Waals surface area contributed by atoms with Gasteiger partial charge in [0.05, 0.1) is 11.7 Å². The standard InChI is InChI=1S/C13H17ClN4/c1-3-18-12(9-15-17-18)16-13(2,10-14)11-7-5-4-6-8-11/h4-9,16H,3,10H2,1-2H3. The number of nitrogens with one attached hydrogen (secondary N) is 1. The summed E-state index contributed by atoms with van der Waals surface area (Å²) in [7, 11) is 0. The third-order valence-electron chi connectivity index (χ3n) is 3.00. The molecule has 0 saturated heterocycles. The van der Waals surface area contributed by atoms with Gasteiger partial charge in [0.1, 0.15) is 5.82 Å². The van der Waals surface area contributed by atoms with E-state index in [1.54, 1.807) is 6.20 Å². The SMILES string of the molecule is CCn1nncc1NC(C)(CCl)c1ccccc1. The van der Waals surface area contributed by atoms with E-state index in [0.29, 0.717) is 5.88 Å². The Morgan fingerprint density at radius 2 is 2.06 bits per heavy atom. The van der Waals surface area contributed by atoms with Crippen LogP contribution < -0.4 is 5.32 Å². The predicted octanol–water partition coefficient (Wildman–Crippen LogP) is 2.86. The summed E-state index contributed by atoms with van der Waals surface area (Å²) in [5.41, 5.74) is 0.807. The van der Waals surface area contributed by atoms with Crippen LogP contribution in [0, 0.1) is 0 Å². The van der Waals surface area contributed by atoms with Crippen LogP contribution in [0.15, 0.2) is 36.5 Å². The zero-order valence-corrected chi connectivity index (χ0v) is 11.4. The summed E-state index contributed by atoms with van der Waals surface area (Å²) in [5, 5.41) is 11.3. The molecule has 0 radical (unpaired) electrons. The van der Waals surface area contributed by atoms with E-state index in [9.17, 15) is 0 Å². The molecule has 0 amide bonds. The van der Waals surface area contributed by atoms with E-state index >= 15 is 0 Å². The van der Waals surface area contributed by atoms with E-state index in [1.807, 2.05) is 29.8 Å². The van der Waals surface area contributed by atoms with Crippen molar-refractivity contribution in [1.82, 2.24) is 15.0 Å². The molecule has 4 nitrogen and oxygen atoms in total. The molecule has 0 saturated carbocycles. The second-order valence-corrected chi connectivity index (χ2v) is 4.66. The Hall–Kier alpha value is -1.55. The number of rotatable bonds is 5. The second kappa shape index (κ2) is 5.40. The fourth-order valence-electron chi connectivity index (χ4n) is 1.86. The van der Waals surface area contributed by atoms with Crippen molar-refractivity contribution in [2.45, 2.75) is 25.9 Å². The number of anilines is 1. The van der Waals surface area contributed by atoms with E-state index < -0.39 is 0 Å². The Labute approximate surface area is 112 Å². The van der Waals surface area contributed by atoms with Gasteiger partial charge in [-0.1, -0.05) is 35.5 Å². The highest BCUT2D eigenvalue weighted by molar-refractivity contribution is 6.18. The molecule has 1 aromatic carbocycles. The monoisotopic (exact) mass is 264 g/mol. The van der Waals surface area contributed by atoms with E-state index in [0.717, 1.165) is 17.9 Å². The maximum atomic E-state index is 6.14. The minimum absolute atomic E-state index is 0.336. The average Bonchev–Trinajstić information content (AvgIpc) is 2.86. The minimum Gasteiger partial charge on any atom is -0.358 e. The van der Waals surface area contributed by atoms with E-state index in [-0.39, 0.29) is 5.54 Å². The Kier molecular flexibility index (Phi) is 3.87. The summed E-state index contributed by atoms with van der Waals surface area (Å²) in [6.45, 7) is 4.87. The maximum Gasteiger partial charge on any atom is 0.145 e. The largest absolute Gasteiger partial charge is 0.358 e. The molecule has 2 aromatic rings. The molecule has 0 bridgehead atoms. The van der Waals surface area contributed by atoms with Gasteiger partial charge in [-0.05, 0) is 19.4 Å². The van der Waals surface area contributed by atoms with Gasteiger partial charge in [0, 0.05) is 12.4 Å². The summed E-state index contributed by atoms with van der Waals surface area (Å²) >= 11 is 6.14. The predicted molar refractivity (Wildman–Crippen MR) is 73.8 cm³/mol. The third kappa shape index (κ3) is 2.48. The van der Waals surface area contributed by atoms with Crippen molar-refractivity contribution >= 4 is 17.4 Å². The molecule has 0 aliphatic carbocycles. The molecular weight excluding hydrogens is 248 g/mol. The number of hydrogen-bond donors (Lipinski definition) is 1. The number of nitrogens with zero attached hydrogens (tertiary/aromatic N) is 3. The van der Waals surface area contributed by atoms with Crippen molar-refractivity contribution in [2.24, 2.45) is 0 Å². The Morgan fingerprint density at radius 3 is 2.67 bits per heavy atom. The van der Waals surface area contributed by atoms with Crippen LogP contribution in [0.25, 0.3) is 0 Å². The van der Waals surface area contributed by atoms with Crippen LogP contribution in [0.5, 0.6) is 0 Å². The van der Waals surface area contributed by atoms with Crippen LogP contribution in [0.2, 0.25) is 0 Å². The number of hydrogen-bond acceptors (Lipinski definition) is 3. The van der Waals surface area contributed by atoms with Crippen LogP contribution in [0.4, 0.5) is 5.82 Å². The first kappa shape index (κ1) is 12.9. The van der Waals surface area contributed by atoms with Crippen molar-refractivity contribution in [3.8, 4) is 0 Å². The Balaban J connectivity index is 2.29. The fraction of sp³-hybridized carbons (Fsp3) is 0.385. The zero-order valence-electron chi connectivity index (χ0n) is 10.6. The molecule has 0 fully saturated rings. The number of halogens is 1. The van der Waals surface area contributed by atoms with Gasteiger partial charge in [-0.25, -0.2) is 4.68 Å². The lowest BCUT2D eigenvalue weighted by Gasteiger charge is -2.30. The maximum absolute atomic E-state index is 6.14. The quantitative estimate of drug-likeness (QED) is 0.845. The first-order valence-electron chi connectivity index (χ1n) is 5.98. The summed E-state index contributed by atoms with van der Waals surface area (Å²) < 4.78 is 1.81. The highest BCUT2D eigenvalue weighted by Crippen LogP contribution is 2.26. The van der Waals surface area contributed by atoms with Crippen LogP contribution in [-0.4, -0.2) is 20.9 Å². The molecule has 2 rings (SSSR count). The molecule has 1 unspecified atom stereocenters. The molecule has 0 spiro atoms. The Morgan fingerprint density at radius 1 is 1.33 bits per heavy atom. The smallest absolute Gasteiger partial charge is 0.145 e. The molecule has 96 valence electrons. The minimum atomic E-state index is -0.336. The molecule has 1 atom stereocenters. The highest BCUT2D eigenvalue weighted by atomic mass is 35.5. The number of alkyl halides is 1. The van der Waals surface area contributed by atoms with Crippen molar-refractivity contribution in [3.05, 3.63) is 42.1 Å². The average molecular weight is 265 g/mol. The number of aryl methyl sites for hydroxylation is 1. The van der Waals surface area contributed by atoms with Crippen LogP contribution in [-0.2, 0) is 12.1 Å². The van der Waals surface area contributed by atoms with Crippen molar-refractivity contribution in [3.63, 3.8) is 0 Å². The van der Waals surface area contributed by atoms with Crippen LogP contribution in [0.1, 0.15) is 19.4 Å². The molecule has 5 heteroatoms. The fourth-order valence-corrected chi connectivity index (χ4v) is 2.08. The normalized spacial score (nSPS) is 14.2. The second-order valence-electron chi connectivity index (χ2n) is 4.39. The summed E-state index contributed by atoms with van der Waals surface area (Å²) in [4.78, 5) is 0. The van der Waals surface area contributed by atoms with Gasteiger partial charge in [-0.3, -0.25) is 0 Å². The first-order valence-corrected chi connectivity index (χ1v) is 6.51. The highest BCUT2D eigenvalue weighted by Gasteiger charge is 2.26. The van der Waals surface area contributed by atoms with Crippen molar-refractivity contribution in [2.75, 3.05) is 11.2 Å². The Bertz CT molecular complexity index is 497. The zero-order chi connectivity index (χ0) is 13.0. The first-order chi connectivity index (χ1) is 8.69. The molecule has 0 aliphatic heterocycles. The topological polar surface area (TPSA) is 42.7 Å². The van der Waals surface area contributed by atoms with E-state index in [4.69, 9.17) is 11.6 Å². The van der Waals surface area contributed by atoms with Gasteiger partial charge in [-0.2, -0.15) is 0 Å². The molecular formula is C13H17ClN4. The third-order valence-corrected chi connectivity index (χ3v) is 3.53. The van der Waals surface area contributed by atoms with Gasteiger partial charge < -0.3 is 5.32 Å². The van der Waals surface area contributed by atoms with Gasteiger partial charge in [0.15, 0.2) is 0 Å². The van der Waals surface area contributed by atoms with Crippen LogP contribution >= 0.6 is 11.6 Å². The van der Waals surface area contributed by atoms with Gasteiger partial charge in [-0.15, -0.1) is 16.7 Å². The number of aromatic nitrogens is 3. The summed E-state index contributed by atoms with van der Waals surface area (Å²) in [6, 6.07) is 10.1. The molecule has 1 N–H and O–H groups in total. The lowest BCUT2D eigenvalue weighted by atomic mass is 9.94. The molecule has 0 aliphatic rings. The lowest BCUT2D eigenvalue weighted by molar-refractivity contribution is 0.579. The van der Waals surface area contributed by atoms with Gasteiger partial charge in [0.25, 0.3) is 0 Å².